The highest BCUT2D eigenvalue weighted by Crippen LogP contribution is 2.51. The zero-order valence-corrected chi connectivity index (χ0v) is 17.3. The molecule has 3 saturated heterocycles. The van der Waals surface area contributed by atoms with Crippen molar-refractivity contribution in [3.63, 3.8) is 0 Å². The van der Waals surface area contributed by atoms with Gasteiger partial charge >= 0.3 is 0 Å². The summed E-state index contributed by atoms with van der Waals surface area (Å²) in [6, 6.07) is 21.3. The van der Waals surface area contributed by atoms with Crippen LogP contribution in [0.5, 0.6) is 0 Å². The molecule has 0 radical (unpaired) electrons. The lowest BCUT2D eigenvalue weighted by Crippen LogP contribution is -2.65. The fraction of sp³-hybridized carbons (Fsp3) is 0.500. The van der Waals surface area contributed by atoms with Gasteiger partial charge in [0.15, 0.2) is 5.78 Å². The van der Waals surface area contributed by atoms with Crippen molar-refractivity contribution in [1.29, 1.82) is 0 Å². The van der Waals surface area contributed by atoms with Gasteiger partial charge in [-0.2, -0.15) is 0 Å². The van der Waals surface area contributed by atoms with E-state index in [0.29, 0.717) is 5.78 Å². The molecule has 2 aromatic carbocycles. The predicted octanol–water partition coefficient (Wildman–Crippen LogP) is 5.68. The molecule has 28 heavy (non-hydrogen) atoms. The Bertz CT molecular complexity index is 739. The maximum absolute atomic E-state index is 13.9. The van der Waals surface area contributed by atoms with E-state index in [2.05, 4.69) is 79.4 Å². The lowest BCUT2D eigenvalue weighted by molar-refractivity contribution is -0.153. The van der Waals surface area contributed by atoms with Crippen molar-refractivity contribution < 1.29 is 4.79 Å². The third-order valence-corrected chi connectivity index (χ3v) is 7.12. The van der Waals surface area contributed by atoms with E-state index in [-0.39, 0.29) is 23.3 Å². The van der Waals surface area contributed by atoms with Gasteiger partial charge in [-0.3, -0.25) is 9.69 Å². The summed E-state index contributed by atoms with van der Waals surface area (Å²) in [7, 11) is 0. The molecule has 2 bridgehead atoms. The van der Waals surface area contributed by atoms with Crippen LogP contribution in [-0.2, 0) is 4.79 Å². The average molecular weight is 376 g/mol. The van der Waals surface area contributed by atoms with Crippen molar-refractivity contribution in [1.82, 2.24) is 4.90 Å². The smallest absolute Gasteiger partial charge is 0.154 e. The molecule has 0 aromatic heterocycles. The Hall–Kier alpha value is -1.93. The lowest BCUT2D eigenvalue weighted by atomic mass is 9.58. The molecule has 3 heterocycles. The average Bonchev–Trinajstić information content (AvgIpc) is 2.72. The highest BCUT2D eigenvalue weighted by Gasteiger charge is 2.55. The third-order valence-electron chi connectivity index (χ3n) is 7.12. The van der Waals surface area contributed by atoms with Crippen LogP contribution in [0, 0.1) is 11.3 Å². The molecule has 3 aliphatic heterocycles. The molecule has 3 fully saturated rings. The van der Waals surface area contributed by atoms with Gasteiger partial charge in [0.25, 0.3) is 0 Å². The zero-order chi connectivity index (χ0) is 19.6. The number of fused-ring (bicyclic) bond motifs is 3. The largest absolute Gasteiger partial charge is 0.298 e. The Balaban J connectivity index is 1.74. The molecule has 148 valence electrons. The van der Waals surface area contributed by atoms with Crippen LogP contribution in [0.3, 0.4) is 0 Å². The molecule has 3 aliphatic rings. The normalized spacial score (nSPS) is 26.0. The highest BCUT2D eigenvalue weighted by atomic mass is 16.1. The van der Waals surface area contributed by atoms with Gasteiger partial charge in [-0.25, -0.2) is 0 Å². The molecule has 0 amide bonds. The van der Waals surface area contributed by atoms with Gasteiger partial charge in [0.2, 0.25) is 0 Å². The third kappa shape index (κ3) is 3.33. The molecule has 5 rings (SSSR count). The standard InChI is InChI=1S/C26H33NO/c1-3-16-26(17-4-2)19-27-18-15-22(26)25(28)24(27)23(20-11-7-5-8-12-20)21-13-9-6-10-14-21/h5-14,22-24H,3-4,15-19H2,1-2H3. The predicted molar refractivity (Wildman–Crippen MR) is 115 cm³/mol. The van der Waals surface area contributed by atoms with Crippen LogP contribution in [0.2, 0.25) is 0 Å². The van der Waals surface area contributed by atoms with Gasteiger partial charge in [0.1, 0.15) is 0 Å². The molecule has 3 atom stereocenters. The first-order valence-corrected chi connectivity index (χ1v) is 11.1. The molecule has 2 nitrogen and oxygen atoms in total. The summed E-state index contributed by atoms with van der Waals surface area (Å²) in [6.07, 6.45) is 5.75. The number of rotatable bonds is 7. The van der Waals surface area contributed by atoms with E-state index in [4.69, 9.17) is 0 Å². The van der Waals surface area contributed by atoms with E-state index in [0.717, 1.165) is 19.5 Å². The second-order valence-corrected chi connectivity index (χ2v) is 8.82. The van der Waals surface area contributed by atoms with E-state index < -0.39 is 0 Å². The fourth-order valence-electron chi connectivity index (χ4n) is 6.14. The molecule has 0 spiro atoms. The Morgan fingerprint density at radius 3 is 1.93 bits per heavy atom. The van der Waals surface area contributed by atoms with Crippen molar-refractivity contribution in [2.45, 2.75) is 57.9 Å². The monoisotopic (exact) mass is 375 g/mol. The van der Waals surface area contributed by atoms with Gasteiger partial charge in [0, 0.05) is 18.4 Å². The van der Waals surface area contributed by atoms with Gasteiger partial charge in [-0.05, 0) is 42.3 Å². The first-order valence-electron chi connectivity index (χ1n) is 11.1. The molecule has 0 saturated carbocycles. The number of piperidine rings is 3. The maximum atomic E-state index is 13.9. The number of carbonyl (C=O) groups is 1. The van der Waals surface area contributed by atoms with Crippen molar-refractivity contribution in [3.8, 4) is 0 Å². The van der Waals surface area contributed by atoms with Gasteiger partial charge < -0.3 is 0 Å². The Morgan fingerprint density at radius 1 is 0.929 bits per heavy atom. The van der Waals surface area contributed by atoms with Crippen molar-refractivity contribution in [2.75, 3.05) is 13.1 Å². The van der Waals surface area contributed by atoms with Crippen LogP contribution in [0.1, 0.15) is 63.0 Å². The Morgan fingerprint density at radius 2 is 1.46 bits per heavy atom. The van der Waals surface area contributed by atoms with E-state index in [1.165, 1.54) is 36.8 Å². The first-order chi connectivity index (χ1) is 13.7. The Kier molecular flexibility index (Phi) is 5.68. The lowest BCUT2D eigenvalue weighted by Gasteiger charge is -2.57. The summed E-state index contributed by atoms with van der Waals surface area (Å²) in [5.41, 5.74) is 2.72. The molecule has 0 aliphatic carbocycles. The highest BCUT2D eigenvalue weighted by molar-refractivity contribution is 5.90. The van der Waals surface area contributed by atoms with Crippen molar-refractivity contribution in [3.05, 3.63) is 71.8 Å². The van der Waals surface area contributed by atoms with Crippen LogP contribution in [0.15, 0.2) is 60.7 Å². The van der Waals surface area contributed by atoms with E-state index in [1.54, 1.807) is 0 Å². The topological polar surface area (TPSA) is 20.3 Å². The summed E-state index contributed by atoms with van der Waals surface area (Å²) < 4.78 is 0. The molecular weight excluding hydrogens is 342 g/mol. The number of hydrogen-bond acceptors (Lipinski definition) is 2. The quantitative estimate of drug-likeness (QED) is 0.621. The van der Waals surface area contributed by atoms with Crippen molar-refractivity contribution in [2.24, 2.45) is 11.3 Å². The minimum absolute atomic E-state index is 0.0228. The van der Waals surface area contributed by atoms with E-state index in [1.807, 2.05) is 0 Å². The maximum Gasteiger partial charge on any atom is 0.154 e. The first kappa shape index (κ1) is 19.4. The van der Waals surface area contributed by atoms with Crippen molar-refractivity contribution >= 4 is 5.78 Å². The van der Waals surface area contributed by atoms with Gasteiger partial charge in [-0.15, -0.1) is 0 Å². The Labute approximate surface area is 170 Å². The van der Waals surface area contributed by atoms with Crippen LogP contribution < -0.4 is 0 Å². The number of benzene rings is 2. The number of Topliss-reactive ketones (excluding diaryl/α,β-unsaturated/α-hetero) is 1. The van der Waals surface area contributed by atoms with Crippen LogP contribution in [0.4, 0.5) is 0 Å². The fourth-order valence-corrected chi connectivity index (χ4v) is 6.14. The van der Waals surface area contributed by atoms with Crippen LogP contribution in [0.25, 0.3) is 0 Å². The number of hydrogen-bond donors (Lipinski definition) is 0. The number of nitrogens with zero attached hydrogens (tertiary/aromatic N) is 1. The molecule has 2 aromatic rings. The summed E-state index contributed by atoms with van der Waals surface area (Å²) in [5.74, 6) is 0.855. The second-order valence-electron chi connectivity index (χ2n) is 8.82. The second kappa shape index (κ2) is 8.21. The molecule has 0 N–H and O–H groups in total. The number of ketones is 1. The van der Waals surface area contributed by atoms with Gasteiger partial charge in [0.05, 0.1) is 6.04 Å². The molecule has 2 heteroatoms. The number of carbonyl (C=O) groups excluding carboxylic acids is 1. The SMILES string of the molecule is CCCC1(CCC)CN2CCC1C(=O)C2C(c1ccccc1)c1ccccc1. The minimum Gasteiger partial charge on any atom is -0.298 e. The summed E-state index contributed by atoms with van der Waals surface area (Å²) in [5, 5.41) is 0. The summed E-state index contributed by atoms with van der Waals surface area (Å²) >= 11 is 0. The molecular formula is C26H33NO. The van der Waals surface area contributed by atoms with E-state index >= 15 is 0 Å². The minimum atomic E-state index is -0.0228. The van der Waals surface area contributed by atoms with E-state index in [9.17, 15) is 4.79 Å². The van der Waals surface area contributed by atoms with Crippen LogP contribution in [-0.4, -0.2) is 29.8 Å². The molecule has 3 unspecified atom stereocenters. The van der Waals surface area contributed by atoms with Gasteiger partial charge in [-0.1, -0.05) is 87.4 Å². The summed E-state index contributed by atoms with van der Waals surface area (Å²) in [4.78, 5) is 16.4. The summed E-state index contributed by atoms with van der Waals surface area (Å²) in [6.45, 7) is 6.69. The van der Waals surface area contributed by atoms with Crippen LogP contribution >= 0.6 is 0 Å². The zero-order valence-electron chi connectivity index (χ0n) is 17.3.